The molecule has 1 aliphatic rings. The lowest BCUT2D eigenvalue weighted by Crippen LogP contribution is -2.48. The molecule has 1 aromatic heterocycles. The normalized spacial score (nSPS) is 34.5. The van der Waals surface area contributed by atoms with Crippen molar-refractivity contribution in [1.29, 1.82) is 0 Å². The highest BCUT2D eigenvalue weighted by Gasteiger charge is 2.55. The number of nitrogens with zero attached hydrogens (tertiary/aromatic N) is 1. The van der Waals surface area contributed by atoms with Gasteiger partial charge in [-0.2, -0.15) is 0 Å². The number of nitrogens with one attached hydrogen (secondary N) is 1. The van der Waals surface area contributed by atoms with Crippen molar-refractivity contribution >= 4 is 0 Å². The summed E-state index contributed by atoms with van der Waals surface area (Å²) in [5, 5.41) is 29.3. The van der Waals surface area contributed by atoms with Gasteiger partial charge in [0.25, 0.3) is 5.56 Å². The molecule has 102 valence electrons. The van der Waals surface area contributed by atoms with Gasteiger partial charge in [0.05, 0.1) is 6.61 Å². The van der Waals surface area contributed by atoms with Crippen LogP contribution in [0.5, 0.6) is 0 Å². The number of terminal acetylenes is 1. The van der Waals surface area contributed by atoms with Crippen LogP contribution in [0.15, 0.2) is 21.9 Å². The van der Waals surface area contributed by atoms with Crippen LogP contribution in [0.2, 0.25) is 0 Å². The molecule has 8 nitrogen and oxygen atoms in total. The highest BCUT2D eigenvalue weighted by atomic mass is 16.6. The fraction of sp³-hybridized carbons (Fsp3) is 0.455. The van der Waals surface area contributed by atoms with Gasteiger partial charge in [0.2, 0.25) is 0 Å². The van der Waals surface area contributed by atoms with Gasteiger partial charge in [-0.25, -0.2) is 4.79 Å². The molecule has 19 heavy (non-hydrogen) atoms. The molecule has 1 fully saturated rings. The zero-order valence-electron chi connectivity index (χ0n) is 10.6. The van der Waals surface area contributed by atoms with E-state index in [1.54, 1.807) is 6.40 Å². The van der Waals surface area contributed by atoms with Gasteiger partial charge >= 0.3 is 5.69 Å². The number of hydrogen-bond donors (Lipinski definition) is 4. The van der Waals surface area contributed by atoms with Crippen molar-refractivity contribution in [3.63, 3.8) is 0 Å². The zero-order chi connectivity index (χ0) is 14.9. The fourth-order valence-corrected chi connectivity index (χ4v) is 1.94. The fourth-order valence-electron chi connectivity index (χ4n) is 1.94. The summed E-state index contributed by atoms with van der Waals surface area (Å²) in [4.78, 5) is 24.7. The van der Waals surface area contributed by atoms with Crippen molar-refractivity contribution in [2.45, 2.75) is 24.0 Å². The van der Waals surface area contributed by atoms with Crippen LogP contribution in [-0.2, 0) is 4.74 Å². The molecule has 0 amide bonds. The van der Waals surface area contributed by atoms with Crippen molar-refractivity contribution in [2.75, 3.05) is 6.61 Å². The third kappa shape index (κ3) is 1.98. The first-order valence-electron chi connectivity index (χ1n) is 5.86. The lowest BCUT2D eigenvalue weighted by Gasteiger charge is -2.26. The van der Waals surface area contributed by atoms with E-state index in [4.69, 9.17) is 11.2 Å². The molecule has 2 heterocycles. The van der Waals surface area contributed by atoms with Gasteiger partial charge in [-0.15, -0.1) is 6.40 Å². The van der Waals surface area contributed by atoms with E-state index in [2.05, 4.69) is 5.92 Å². The average molecular weight is 269 g/mol. The lowest BCUT2D eigenvalue weighted by molar-refractivity contribution is -0.0764. The number of aromatic nitrogens is 2. The second-order valence-electron chi connectivity index (χ2n) is 4.12. The van der Waals surface area contributed by atoms with E-state index in [0.717, 1.165) is 16.8 Å². The highest BCUT2D eigenvalue weighted by molar-refractivity contribution is 5.19. The van der Waals surface area contributed by atoms with E-state index in [0.29, 0.717) is 0 Å². The molecule has 0 aliphatic carbocycles. The summed E-state index contributed by atoms with van der Waals surface area (Å²) >= 11 is 0. The van der Waals surface area contributed by atoms with Crippen molar-refractivity contribution < 1.29 is 21.4 Å². The first kappa shape index (κ1) is 12.1. The topological polar surface area (TPSA) is 125 Å². The van der Waals surface area contributed by atoms with Crippen LogP contribution in [-0.4, -0.2) is 49.3 Å². The predicted molar refractivity (Wildman–Crippen MR) is 62.1 cm³/mol. The number of hydrogen-bond acceptors (Lipinski definition) is 6. The maximum absolute atomic E-state index is 11.7. The Balaban J connectivity index is 2.55. The van der Waals surface area contributed by atoms with E-state index >= 15 is 0 Å². The number of aliphatic hydroxyl groups is 3. The zero-order valence-corrected chi connectivity index (χ0v) is 9.61. The first-order valence-corrected chi connectivity index (χ1v) is 5.36. The number of aromatic amines is 1. The van der Waals surface area contributed by atoms with E-state index in [1.165, 1.54) is 0 Å². The maximum atomic E-state index is 11.7. The van der Waals surface area contributed by atoms with Crippen molar-refractivity contribution in [3.05, 3.63) is 33.1 Å². The van der Waals surface area contributed by atoms with Gasteiger partial charge in [-0.3, -0.25) is 14.3 Å². The molecule has 1 saturated heterocycles. The van der Waals surface area contributed by atoms with Crippen LogP contribution >= 0.6 is 0 Å². The Kier molecular flexibility index (Phi) is 2.96. The number of aliphatic hydroxyl groups excluding tert-OH is 2. The van der Waals surface area contributed by atoms with E-state index in [1.807, 2.05) is 4.98 Å². The van der Waals surface area contributed by atoms with Crippen molar-refractivity contribution in [2.24, 2.45) is 0 Å². The third-order valence-electron chi connectivity index (χ3n) is 2.97. The molecule has 1 aliphatic heterocycles. The Morgan fingerprint density at radius 2 is 2.42 bits per heavy atom. The largest absolute Gasteiger partial charge is 0.394 e. The van der Waals surface area contributed by atoms with Gasteiger partial charge < -0.3 is 20.1 Å². The standard InChI is InChI=1S/C11H12N2O6/c1-2-11(18)8(16)6(5-14)19-9(11)13-4-3-7(15)12-10(13)17/h1,3-4,6,8-9,14,16,18H,5H2,(H,12,15,17)/t6-,8-,9?,11+/m1/s1/i1D. The molecular formula is C11H12N2O6. The quantitative estimate of drug-likeness (QED) is 0.428. The Labute approximate surface area is 108 Å². The summed E-state index contributed by atoms with van der Waals surface area (Å²) in [6, 6.07) is 1.03. The Bertz CT molecular complexity index is 674. The minimum Gasteiger partial charge on any atom is -0.394 e. The molecule has 0 aromatic carbocycles. The minimum absolute atomic E-state index is 0.613. The Morgan fingerprint density at radius 3 is 3.00 bits per heavy atom. The van der Waals surface area contributed by atoms with Crippen LogP contribution in [0.1, 0.15) is 7.60 Å². The number of H-pyrrole nitrogens is 1. The van der Waals surface area contributed by atoms with Crippen molar-refractivity contribution in [1.82, 2.24) is 9.55 Å². The summed E-state index contributed by atoms with van der Waals surface area (Å²) in [5.41, 5.74) is -3.77. The van der Waals surface area contributed by atoms with E-state index < -0.39 is 41.9 Å². The van der Waals surface area contributed by atoms with Gasteiger partial charge in [0.15, 0.2) is 11.8 Å². The summed E-state index contributed by atoms with van der Waals surface area (Å²) in [7, 11) is 0. The van der Waals surface area contributed by atoms with Crippen molar-refractivity contribution in [3.8, 4) is 12.3 Å². The predicted octanol–water partition coefficient (Wildman–Crippen LogP) is -2.85. The molecule has 0 spiro atoms. The summed E-state index contributed by atoms with van der Waals surface area (Å²) in [5.74, 6) is 2.06. The smallest absolute Gasteiger partial charge is 0.330 e. The molecule has 1 unspecified atom stereocenters. The summed E-state index contributed by atoms with van der Waals surface area (Å²) in [6.45, 7) is -0.613. The maximum Gasteiger partial charge on any atom is 0.330 e. The monoisotopic (exact) mass is 269 g/mol. The van der Waals surface area contributed by atoms with Gasteiger partial charge in [0.1, 0.15) is 13.6 Å². The first-order chi connectivity index (χ1) is 9.43. The molecule has 1 aromatic rings. The highest BCUT2D eigenvalue weighted by Crippen LogP contribution is 2.36. The van der Waals surface area contributed by atoms with Crippen LogP contribution < -0.4 is 11.2 Å². The third-order valence-corrected chi connectivity index (χ3v) is 2.97. The molecule has 4 atom stereocenters. The lowest BCUT2D eigenvalue weighted by atomic mass is 9.95. The van der Waals surface area contributed by atoms with Crippen LogP contribution in [0.4, 0.5) is 0 Å². The number of rotatable bonds is 2. The molecule has 8 heteroatoms. The van der Waals surface area contributed by atoms with Gasteiger partial charge in [-0.05, 0) is 0 Å². The average Bonchev–Trinajstić information content (AvgIpc) is 2.63. The van der Waals surface area contributed by atoms with Crippen LogP contribution in [0.25, 0.3) is 0 Å². The molecule has 0 bridgehead atoms. The van der Waals surface area contributed by atoms with Gasteiger partial charge in [0, 0.05) is 12.3 Å². The summed E-state index contributed by atoms with van der Waals surface area (Å²) < 4.78 is 12.9. The second-order valence-corrected chi connectivity index (χ2v) is 4.12. The summed E-state index contributed by atoms with van der Waals surface area (Å²) in [6.07, 6.45) is -1.49. The van der Waals surface area contributed by atoms with E-state index in [9.17, 15) is 19.8 Å². The molecular weight excluding hydrogens is 256 g/mol. The van der Waals surface area contributed by atoms with Gasteiger partial charge in [-0.1, -0.05) is 5.92 Å². The molecule has 2 rings (SSSR count). The number of ether oxygens (including phenoxy) is 1. The van der Waals surface area contributed by atoms with Crippen LogP contribution in [0.3, 0.4) is 0 Å². The molecule has 4 N–H and O–H groups in total. The minimum atomic E-state index is -2.25. The molecule has 0 saturated carbocycles. The molecule has 0 radical (unpaired) electrons. The van der Waals surface area contributed by atoms with Crippen LogP contribution in [0, 0.1) is 12.3 Å². The SMILES string of the molecule is [2H]C#C[C@@]1(O)C(n2ccc(=O)[nH]c2=O)O[C@H](CO)[C@H]1O. The Hall–Kier alpha value is -1.92. The van der Waals surface area contributed by atoms with E-state index in [-0.39, 0.29) is 0 Å². The second kappa shape index (κ2) is 4.64. The Morgan fingerprint density at radius 1 is 1.68 bits per heavy atom.